The Bertz CT molecular complexity index is 369. The topological polar surface area (TPSA) is 37.3 Å². The van der Waals surface area contributed by atoms with Crippen molar-refractivity contribution >= 4 is 22.6 Å². The highest BCUT2D eigenvalue weighted by Gasteiger charge is 2.07. The maximum atomic E-state index is 10.7. The molecule has 0 spiro atoms. The van der Waals surface area contributed by atoms with Gasteiger partial charge in [0.1, 0.15) is 0 Å². The van der Waals surface area contributed by atoms with Crippen LogP contribution in [0.1, 0.15) is 21.5 Å². The zero-order chi connectivity index (χ0) is 10.0. The van der Waals surface area contributed by atoms with E-state index in [4.69, 9.17) is 16.7 Å². The predicted octanol–water partition coefficient (Wildman–Crippen LogP) is 2.90. The third kappa shape index (κ3) is 2.10. The molecule has 0 radical (unpaired) electrons. The molecule has 0 heterocycles. The van der Waals surface area contributed by atoms with Gasteiger partial charge in [-0.05, 0) is 24.1 Å². The SMILES string of the molecule is C=C(Cl)c1ccc(C)c(C(=O)O)c1. The van der Waals surface area contributed by atoms with Crippen molar-refractivity contribution in [3.05, 3.63) is 41.5 Å². The number of rotatable bonds is 2. The van der Waals surface area contributed by atoms with Gasteiger partial charge >= 0.3 is 5.97 Å². The van der Waals surface area contributed by atoms with Gasteiger partial charge < -0.3 is 5.11 Å². The molecule has 1 aromatic rings. The van der Waals surface area contributed by atoms with Crippen LogP contribution in [0.25, 0.3) is 5.03 Å². The molecule has 0 saturated carbocycles. The summed E-state index contributed by atoms with van der Waals surface area (Å²) >= 11 is 5.64. The highest BCUT2D eigenvalue weighted by atomic mass is 35.5. The lowest BCUT2D eigenvalue weighted by molar-refractivity contribution is 0.0696. The molecule has 0 saturated heterocycles. The Balaban J connectivity index is 3.27. The van der Waals surface area contributed by atoms with E-state index in [1.165, 1.54) is 6.07 Å². The number of carboxylic acids is 1. The Morgan fingerprint density at radius 2 is 2.15 bits per heavy atom. The van der Waals surface area contributed by atoms with Crippen molar-refractivity contribution in [1.29, 1.82) is 0 Å². The molecule has 13 heavy (non-hydrogen) atoms. The minimum atomic E-state index is -0.947. The predicted molar refractivity (Wildman–Crippen MR) is 53.0 cm³/mol. The second-order valence-electron chi connectivity index (χ2n) is 2.74. The van der Waals surface area contributed by atoms with E-state index >= 15 is 0 Å². The first kappa shape index (κ1) is 9.81. The minimum Gasteiger partial charge on any atom is -0.478 e. The molecule has 68 valence electrons. The second kappa shape index (κ2) is 3.62. The van der Waals surface area contributed by atoms with Crippen LogP contribution >= 0.6 is 11.6 Å². The summed E-state index contributed by atoms with van der Waals surface area (Å²) in [5.41, 5.74) is 1.62. The van der Waals surface area contributed by atoms with Gasteiger partial charge in [0.15, 0.2) is 0 Å². The molecule has 3 heteroatoms. The van der Waals surface area contributed by atoms with Gasteiger partial charge in [0.25, 0.3) is 0 Å². The van der Waals surface area contributed by atoms with E-state index in [0.717, 1.165) is 0 Å². The van der Waals surface area contributed by atoms with Crippen LogP contribution in [0.2, 0.25) is 0 Å². The summed E-state index contributed by atoms with van der Waals surface area (Å²) in [6, 6.07) is 4.98. The number of hydrogen-bond acceptors (Lipinski definition) is 1. The Morgan fingerprint density at radius 3 is 2.62 bits per heavy atom. The molecule has 0 amide bonds. The first-order chi connectivity index (χ1) is 6.02. The highest BCUT2D eigenvalue weighted by molar-refractivity contribution is 6.48. The summed E-state index contributed by atoms with van der Waals surface area (Å²) in [6.07, 6.45) is 0. The van der Waals surface area contributed by atoms with E-state index in [9.17, 15) is 4.79 Å². The fraction of sp³-hybridized carbons (Fsp3) is 0.100. The van der Waals surface area contributed by atoms with E-state index in [2.05, 4.69) is 6.58 Å². The highest BCUT2D eigenvalue weighted by Crippen LogP contribution is 2.19. The second-order valence-corrected chi connectivity index (χ2v) is 3.20. The van der Waals surface area contributed by atoms with Crippen molar-refractivity contribution in [3.63, 3.8) is 0 Å². The molecule has 1 N–H and O–H groups in total. The van der Waals surface area contributed by atoms with Crippen molar-refractivity contribution in [2.24, 2.45) is 0 Å². The molecule has 0 aromatic heterocycles. The molecule has 0 fully saturated rings. The molecule has 1 rings (SSSR count). The Morgan fingerprint density at radius 1 is 1.54 bits per heavy atom. The third-order valence-electron chi connectivity index (χ3n) is 1.78. The number of halogens is 1. The van der Waals surface area contributed by atoms with E-state index in [1.54, 1.807) is 19.1 Å². The summed E-state index contributed by atoms with van der Waals surface area (Å²) in [4.78, 5) is 10.7. The number of benzene rings is 1. The van der Waals surface area contributed by atoms with Crippen LogP contribution in [0, 0.1) is 6.92 Å². The Hall–Kier alpha value is -1.28. The average Bonchev–Trinajstić information content (AvgIpc) is 2.04. The van der Waals surface area contributed by atoms with E-state index in [0.29, 0.717) is 16.2 Å². The summed E-state index contributed by atoms with van der Waals surface area (Å²) in [7, 11) is 0. The molecular formula is C10H9ClO2. The lowest BCUT2D eigenvalue weighted by Crippen LogP contribution is -1.99. The summed E-state index contributed by atoms with van der Waals surface area (Å²) in [6.45, 7) is 5.27. The van der Waals surface area contributed by atoms with Gasteiger partial charge in [-0.25, -0.2) is 4.79 Å². The third-order valence-corrected chi connectivity index (χ3v) is 2.00. The summed E-state index contributed by atoms with van der Waals surface area (Å²) < 4.78 is 0. The van der Waals surface area contributed by atoms with Crippen LogP contribution in [0.3, 0.4) is 0 Å². The molecule has 0 aliphatic rings. The van der Waals surface area contributed by atoms with Crippen LogP contribution in [-0.2, 0) is 0 Å². The van der Waals surface area contributed by atoms with Gasteiger partial charge in [0, 0.05) is 5.03 Å². The maximum absolute atomic E-state index is 10.7. The van der Waals surface area contributed by atoms with Gasteiger partial charge in [0.05, 0.1) is 5.56 Å². The number of hydrogen-bond donors (Lipinski definition) is 1. The summed E-state index contributed by atoms with van der Waals surface area (Å²) in [5, 5.41) is 9.15. The monoisotopic (exact) mass is 196 g/mol. The number of aryl methyl sites for hydroxylation is 1. The number of aromatic carboxylic acids is 1. The first-order valence-corrected chi connectivity index (χ1v) is 4.09. The average molecular weight is 197 g/mol. The van der Waals surface area contributed by atoms with Crippen molar-refractivity contribution < 1.29 is 9.90 Å². The zero-order valence-electron chi connectivity index (χ0n) is 7.17. The lowest BCUT2D eigenvalue weighted by atomic mass is 10.1. The van der Waals surface area contributed by atoms with Gasteiger partial charge in [0.2, 0.25) is 0 Å². The van der Waals surface area contributed by atoms with E-state index in [1.807, 2.05) is 0 Å². The van der Waals surface area contributed by atoms with E-state index in [-0.39, 0.29) is 5.56 Å². The molecule has 0 aliphatic heterocycles. The van der Waals surface area contributed by atoms with E-state index < -0.39 is 5.97 Å². The van der Waals surface area contributed by atoms with Crippen molar-refractivity contribution in [2.45, 2.75) is 6.92 Å². The molecule has 0 atom stereocenters. The minimum absolute atomic E-state index is 0.263. The van der Waals surface area contributed by atoms with Crippen LogP contribution in [0.15, 0.2) is 24.8 Å². The van der Waals surface area contributed by atoms with Gasteiger partial charge in [-0.3, -0.25) is 0 Å². The Kier molecular flexibility index (Phi) is 2.73. The zero-order valence-corrected chi connectivity index (χ0v) is 7.93. The molecule has 0 bridgehead atoms. The van der Waals surface area contributed by atoms with Crippen molar-refractivity contribution in [3.8, 4) is 0 Å². The Labute approximate surface area is 81.5 Å². The van der Waals surface area contributed by atoms with Crippen LogP contribution in [0.5, 0.6) is 0 Å². The number of carboxylic acid groups (broad SMARTS) is 1. The van der Waals surface area contributed by atoms with Gasteiger partial charge in [-0.1, -0.05) is 30.3 Å². The molecule has 2 nitrogen and oxygen atoms in total. The molecule has 0 aliphatic carbocycles. The van der Waals surface area contributed by atoms with Gasteiger partial charge in [-0.2, -0.15) is 0 Å². The van der Waals surface area contributed by atoms with Crippen molar-refractivity contribution in [2.75, 3.05) is 0 Å². The maximum Gasteiger partial charge on any atom is 0.335 e. The molecular weight excluding hydrogens is 188 g/mol. The largest absolute Gasteiger partial charge is 0.478 e. The van der Waals surface area contributed by atoms with Crippen molar-refractivity contribution in [1.82, 2.24) is 0 Å². The quantitative estimate of drug-likeness (QED) is 0.790. The molecule has 0 unspecified atom stereocenters. The van der Waals surface area contributed by atoms with Crippen LogP contribution in [0.4, 0.5) is 0 Å². The van der Waals surface area contributed by atoms with Crippen LogP contribution in [-0.4, -0.2) is 11.1 Å². The lowest BCUT2D eigenvalue weighted by Gasteiger charge is -2.03. The number of carbonyl (C=O) groups is 1. The van der Waals surface area contributed by atoms with Gasteiger partial charge in [-0.15, -0.1) is 0 Å². The standard InChI is InChI=1S/C10H9ClO2/c1-6-3-4-8(7(2)11)5-9(6)10(12)13/h3-5H,2H2,1H3,(H,12,13). The fourth-order valence-corrected chi connectivity index (χ4v) is 1.14. The first-order valence-electron chi connectivity index (χ1n) is 3.71. The smallest absolute Gasteiger partial charge is 0.335 e. The summed E-state index contributed by atoms with van der Waals surface area (Å²) in [5.74, 6) is -0.947. The fourth-order valence-electron chi connectivity index (χ4n) is 1.02. The van der Waals surface area contributed by atoms with Crippen LogP contribution < -0.4 is 0 Å². The molecule has 1 aromatic carbocycles. The normalized spacial score (nSPS) is 9.69.